The molecule has 8 heteroatoms. The largest absolute Gasteiger partial charge is 0.450 e. The minimum absolute atomic E-state index is 0.258. The van der Waals surface area contributed by atoms with Crippen molar-refractivity contribution in [1.82, 2.24) is 14.9 Å². The summed E-state index contributed by atoms with van der Waals surface area (Å²) < 4.78 is 5.06. The first-order chi connectivity index (χ1) is 13.0. The van der Waals surface area contributed by atoms with Gasteiger partial charge in [-0.1, -0.05) is 17.7 Å². The molecule has 7 nitrogen and oxygen atoms in total. The third kappa shape index (κ3) is 4.60. The van der Waals surface area contributed by atoms with E-state index in [1.807, 2.05) is 32.9 Å². The van der Waals surface area contributed by atoms with Crippen molar-refractivity contribution >= 4 is 35.1 Å². The standard InChI is InChI=1S/C19H24ClN5O2/c1-4-27-19(26)25-9-7-24(8-10-25)16-5-6-21-18(22-16)23-17-14(3)11-13(2)12-15(17)20/h5-6,11-12H,4,7-10H2,1-3H3,(H,21,22,23). The molecule has 0 bridgehead atoms. The number of halogens is 1. The number of aryl methyl sites for hydroxylation is 2. The number of carbonyl (C=O) groups is 1. The Hall–Kier alpha value is -2.54. The van der Waals surface area contributed by atoms with Gasteiger partial charge in [-0.25, -0.2) is 9.78 Å². The second kappa shape index (κ2) is 8.43. The van der Waals surface area contributed by atoms with E-state index in [4.69, 9.17) is 16.3 Å². The lowest BCUT2D eigenvalue weighted by molar-refractivity contribution is 0.105. The predicted octanol–water partition coefficient (Wildman–Crippen LogP) is 3.77. The summed E-state index contributed by atoms with van der Waals surface area (Å²) in [5.74, 6) is 1.31. The smallest absolute Gasteiger partial charge is 0.409 e. The van der Waals surface area contributed by atoms with E-state index < -0.39 is 0 Å². The molecule has 3 rings (SSSR count). The zero-order chi connectivity index (χ0) is 19.4. The molecule has 1 aliphatic heterocycles. The average Bonchev–Trinajstić information content (AvgIpc) is 2.65. The highest BCUT2D eigenvalue weighted by Gasteiger charge is 2.23. The molecule has 0 aliphatic carbocycles. The van der Waals surface area contributed by atoms with E-state index in [9.17, 15) is 4.79 Å². The van der Waals surface area contributed by atoms with Crippen LogP contribution in [0.4, 0.5) is 22.2 Å². The predicted molar refractivity (Wildman–Crippen MR) is 107 cm³/mol. The highest BCUT2D eigenvalue weighted by Crippen LogP contribution is 2.29. The fourth-order valence-corrected chi connectivity index (χ4v) is 3.47. The van der Waals surface area contributed by atoms with Gasteiger partial charge in [0.25, 0.3) is 0 Å². The molecule has 1 aromatic carbocycles. The van der Waals surface area contributed by atoms with Crippen molar-refractivity contribution in [3.05, 3.63) is 40.5 Å². The third-order valence-corrected chi connectivity index (χ3v) is 4.74. The van der Waals surface area contributed by atoms with Crippen molar-refractivity contribution in [2.45, 2.75) is 20.8 Å². The van der Waals surface area contributed by atoms with Crippen LogP contribution in [0.15, 0.2) is 24.4 Å². The van der Waals surface area contributed by atoms with Crippen molar-refractivity contribution in [3.8, 4) is 0 Å². The molecule has 27 heavy (non-hydrogen) atoms. The fourth-order valence-electron chi connectivity index (χ4n) is 3.10. The van der Waals surface area contributed by atoms with Gasteiger partial charge in [0.05, 0.1) is 17.3 Å². The molecule has 144 valence electrons. The van der Waals surface area contributed by atoms with Gasteiger partial charge in [0.1, 0.15) is 5.82 Å². The summed E-state index contributed by atoms with van der Waals surface area (Å²) in [6, 6.07) is 5.84. The molecule has 0 radical (unpaired) electrons. The molecule has 1 amide bonds. The maximum absolute atomic E-state index is 11.8. The molecule has 1 aromatic heterocycles. The number of hydrogen-bond donors (Lipinski definition) is 1. The molecule has 0 atom stereocenters. The maximum Gasteiger partial charge on any atom is 0.409 e. The van der Waals surface area contributed by atoms with Crippen LogP contribution in [0, 0.1) is 13.8 Å². The second-order valence-corrected chi connectivity index (χ2v) is 6.88. The highest BCUT2D eigenvalue weighted by atomic mass is 35.5. The van der Waals surface area contributed by atoms with Crippen LogP contribution in [0.2, 0.25) is 5.02 Å². The molecular formula is C19H24ClN5O2. The van der Waals surface area contributed by atoms with Gasteiger partial charge < -0.3 is 19.9 Å². The van der Waals surface area contributed by atoms with Gasteiger partial charge in [-0.2, -0.15) is 4.98 Å². The summed E-state index contributed by atoms with van der Waals surface area (Å²) in [6.45, 7) is 8.81. The van der Waals surface area contributed by atoms with E-state index >= 15 is 0 Å². The highest BCUT2D eigenvalue weighted by molar-refractivity contribution is 6.33. The molecule has 1 saturated heterocycles. The lowest BCUT2D eigenvalue weighted by Gasteiger charge is -2.34. The molecule has 1 aliphatic rings. The lowest BCUT2D eigenvalue weighted by atomic mass is 10.1. The van der Waals surface area contributed by atoms with E-state index in [1.165, 1.54) is 0 Å². The maximum atomic E-state index is 11.8. The number of benzene rings is 1. The van der Waals surface area contributed by atoms with E-state index in [1.54, 1.807) is 11.1 Å². The Kier molecular flexibility index (Phi) is 6.01. The number of nitrogens with zero attached hydrogens (tertiary/aromatic N) is 4. The van der Waals surface area contributed by atoms with Crippen molar-refractivity contribution < 1.29 is 9.53 Å². The minimum atomic E-state index is -0.258. The van der Waals surface area contributed by atoms with Crippen molar-refractivity contribution in [2.24, 2.45) is 0 Å². The quantitative estimate of drug-likeness (QED) is 0.858. The normalized spacial score (nSPS) is 14.2. The van der Waals surface area contributed by atoms with Crippen LogP contribution >= 0.6 is 11.6 Å². The van der Waals surface area contributed by atoms with E-state index in [2.05, 4.69) is 26.3 Å². The van der Waals surface area contributed by atoms with Crippen molar-refractivity contribution in [1.29, 1.82) is 0 Å². The van der Waals surface area contributed by atoms with Crippen LogP contribution in [0.5, 0.6) is 0 Å². The third-order valence-electron chi connectivity index (χ3n) is 4.44. The van der Waals surface area contributed by atoms with Crippen molar-refractivity contribution in [3.63, 3.8) is 0 Å². The molecule has 2 aromatic rings. The van der Waals surface area contributed by atoms with E-state index in [0.29, 0.717) is 43.8 Å². The molecule has 0 saturated carbocycles. The Balaban J connectivity index is 1.69. The van der Waals surface area contributed by atoms with Crippen molar-refractivity contribution in [2.75, 3.05) is 43.0 Å². The van der Waals surface area contributed by atoms with Gasteiger partial charge in [0.15, 0.2) is 0 Å². The van der Waals surface area contributed by atoms with Crippen LogP contribution in [-0.4, -0.2) is 53.7 Å². The fraction of sp³-hybridized carbons (Fsp3) is 0.421. The number of nitrogens with one attached hydrogen (secondary N) is 1. The van der Waals surface area contributed by atoms with Gasteiger partial charge in [-0.3, -0.25) is 0 Å². The first kappa shape index (κ1) is 19.2. The Labute approximate surface area is 164 Å². The number of anilines is 3. The molecule has 0 unspecified atom stereocenters. The zero-order valence-electron chi connectivity index (χ0n) is 15.8. The Morgan fingerprint density at radius 3 is 2.67 bits per heavy atom. The van der Waals surface area contributed by atoms with Gasteiger partial charge in [0.2, 0.25) is 5.95 Å². The monoisotopic (exact) mass is 389 g/mol. The second-order valence-electron chi connectivity index (χ2n) is 6.48. The summed E-state index contributed by atoms with van der Waals surface area (Å²) in [7, 11) is 0. The Morgan fingerprint density at radius 2 is 2.00 bits per heavy atom. The molecule has 0 spiro atoms. The molecule has 2 heterocycles. The number of amides is 1. The minimum Gasteiger partial charge on any atom is -0.450 e. The molecule has 1 N–H and O–H groups in total. The van der Waals surface area contributed by atoms with Gasteiger partial charge in [0, 0.05) is 32.4 Å². The van der Waals surface area contributed by atoms with E-state index in [-0.39, 0.29) is 6.09 Å². The summed E-state index contributed by atoms with van der Waals surface area (Å²) in [5, 5.41) is 3.87. The van der Waals surface area contributed by atoms with Crippen LogP contribution in [0.25, 0.3) is 0 Å². The van der Waals surface area contributed by atoms with Gasteiger partial charge in [-0.05, 0) is 44.0 Å². The first-order valence-electron chi connectivity index (χ1n) is 9.01. The zero-order valence-corrected chi connectivity index (χ0v) is 16.6. The number of ether oxygens (including phenoxy) is 1. The number of aromatic nitrogens is 2. The van der Waals surface area contributed by atoms with Crippen LogP contribution in [0.1, 0.15) is 18.1 Å². The van der Waals surface area contributed by atoms with Crippen LogP contribution in [0.3, 0.4) is 0 Å². The SMILES string of the molecule is CCOC(=O)N1CCN(c2ccnc(Nc3c(C)cc(C)cc3Cl)n2)CC1. The van der Waals surface area contributed by atoms with E-state index in [0.717, 1.165) is 22.6 Å². The first-order valence-corrected chi connectivity index (χ1v) is 9.39. The summed E-state index contributed by atoms with van der Waals surface area (Å²) in [4.78, 5) is 24.6. The van der Waals surface area contributed by atoms with Crippen LogP contribution < -0.4 is 10.2 Å². The van der Waals surface area contributed by atoms with Crippen LogP contribution in [-0.2, 0) is 4.74 Å². The number of carbonyl (C=O) groups excluding carboxylic acids is 1. The average molecular weight is 390 g/mol. The van der Waals surface area contributed by atoms with Gasteiger partial charge in [-0.15, -0.1) is 0 Å². The lowest BCUT2D eigenvalue weighted by Crippen LogP contribution is -2.49. The summed E-state index contributed by atoms with van der Waals surface area (Å²) >= 11 is 6.37. The molecular weight excluding hydrogens is 366 g/mol. The van der Waals surface area contributed by atoms with Gasteiger partial charge >= 0.3 is 6.09 Å². The summed E-state index contributed by atoms with van der Waals surface area (Å²) in [5.41, 5.74) is 2.96. The molecule has 1 fully saturated rings. The topological polar surface area (TPSA) is 70.6 Å². The Bertz CT molecular complexity index is 798. The number of hydrogen-bond acceptors (Lipinski definition) is 6. The Morgan fingerprint density at radius 1 is 1.26 bits per heavy atom. The number of piperazine rings is 1. The summed E-state index contributed by atoms with van der Waals surface area (Å²) in [6.07, 6.45) is 1.46. The number of rotatable bonds is 4.